The molecule has 12 nitrogen and oxygen atoms in total. The highest BCUT2D eigenvalue weighted by molar-refractivity contribution is 6.33. The highest BCUT2D eigenvalue weighted by Crippen LogP contribution is 2.41. The molecule has 53 heavy (non-hydrogen) atoms. The topological polar surface area (TPSA) is 142 Å². The molecule has 0 bridgehead atoms. The SMILES string of the molecule is CCC(C)C/C(C)=C/C(C)(OC)c1ccc(/C=C/C(=O)OC)c(OCc2ccc(O[C@H]3CC(OC(C)=O)C(OC(C)=O)[C@@H](COC(C)=O)O3)cc2)c1Cl. The van der Waals surface area contributed by atoms with Gasteiger partial charge in [0.25, 0.3) is 0 Å². The standard InChI is InChI=1S/C40H51ClO12/c1-10-24(2)19-25(3)21-40(7,47-9)32-17-13-30(14-18-35(45)46-8)38(37(32)41)49-22-29-11-15-31(16-12-29)52-36-20-33(50-27(5)43)39(51-28(6)44)34(53-36)23-48-26(4)42/h11-18,21,24,33-34,36,39H,10,19-20,22-23H2,1-9H3/b18-14+,25-21+/t24?,33?,34-,36-,39?,40?/m1/s1. The van der Waals surface area contributed by atoms with E-state index in [-0.39, 0.29) is 19.6 Å². The fourth-order valence-corrected chi connectivity index (χ4v) is 6.29. The maximum Gasteiger partial charge on any atom is 0.330 e. The summed E-state index contributed by atoms with van der Waals surface area (Å²) >= 11 is 7.07. The predicted molar refractivity (Wildman–Crippen MR) is 197 cm³/mol. The molecule has 13 heteroatoms. The van der Waals surface area contributed by atoms with E-state index >= 15 is 0 Å². The highest BCUT2D eigenvalue weighted by Gasteiger charge is 2.44. The van der Waals surface area contributed by atoms with Gasteiger partial charge in [-0.3, -0.25) is 14.4 Å². The van der Waals surface area contributed by atoms with Crippen LogP contribution in [0.5, 0.6) is 11.5 Å². The molecule has 0 aromatic heterocycles. The monoisotopic (exact) mass is 758 g/mol. The van der Waals surface area contributed by atoms with Gasteiger partial charge in [0.05, 0.1) is 18.6 Å². The van der Waals surface area contributed by atoms with Crippen molar-refractivity contribution >= 4 is 41.6 Å². The number of allylic oxidation sites excluding steroid dienone is 1. The molecule has 2 aromatic rings. The third-order valence-corrected chi connectivity index (χ3v) is 9.08. The van der Waals surface area contributed by atoms with E-state index < -0.39 is 54.1 Å². The van der Waals surface area contributed by atoms with E-state index in [0.717, 1.165) is 18.4 Å². The van der Waals surface area contributed by atoms with Gasteiger partial charge in [-0.1, -0.05) is 61.7 Å². The molecule has 1 aliphatic heterocycles. The number of methoxy groups -OCH3 is 2. The average Bonchev–Trinajstić information content (AvgIpc) is 3.10. The summed E-state index contributed by atoms with van der Waals surface area (Å²) < 4.78 is 45.2. The van der Waals surface area contributed by atoms with Crippen LogP contribution in [0.15, 0.2) is 54.1 Å². The van der Waals surface area contributed by atoms with E-state index in [1.54, 1.807) is 37.5 Å². The van der Waals surface area contributed by atoms with Crippen molar-refractivity contribution in [2.75, 3.05) is 20.8 Å². The normalized spacial score (nSPS) is 20.5. The van der Waals surface area contributed by atoms with Crippen LogP contribution in [0.2, 0.25) is 5.02 Å². The maximum absolute atomic E-state index is 12.0. The molecule has 1 heterocycles. The van der Waals surface area contributed by atoms with Crippen molar-refractivity contribution in [3.63, 3.8) is 0 Å². The van der Waals surface area contributed by atoms with E-state index in [1.165, 1.54) is 39.5 Å². The van der Waals surface area contributed by atoms with Crippen molar-refractivity contribution in [1.29, 1.82) is 0 Å². The Hall–Kier alpha value is -4.39. The Morgan fingerprint density at radius 3 is 2.25 bits per heavy atom. The fraction of sp³-hybridized carbons (Fsp3) is 0.500. The van der Waals surface area contributed by atoms with Gasteiger partial charge in [0, 0.05) is 45.1 Å². The first-order valence-electron chi connectivity index (χ1n) is 17.4. The van der Waals surface area contributed by atoms with Crippen molar-refractivity contribution in [1.82, 2.24) is 0 Å². The first-order chi connectivity index (χ1) is 25.1. The van der Waals surface area contributed by atoms with Gasteiger partial charge in [0.2, 0.25) is 6.29 Å². The zero-order valence-corrected chi connectivity index (χ0v) is 32.7. The molecule has 0 saturated carbocycles. The highest BCUT2D eigenvalue weighted by atomic mass is 35.5. The molecule has 0 aliphatic carbocycles. The molecule has 0 amide bonds. The van der Waals surface area contributed by atoms with Gasteiger partial charge < -0.3 is 37.9 Å². The Morgan fingerprint density at radius 2 is 1.66 bits per heavy atom. The number of hydrogen-bond donors (Lipinski definition) is 0. The van der Waals surface area contributed by atoms with Gasteiger partial charge in [-0.15, -0.1) is 0 Å². The summed E-state index contributed by atoms with van der Waals surface area (Å²) in [7, 11) is 2.93. The van der Waals surface area contributed by atoms with Gasteiger partial charge >= 0.3 is 23.9 Å². The van der Waals surface area contributed by atoms with Crippen molar-refractivity contribution < 1.29 is 57.1 Å². The lowest BCUT2D eigenvalue weighted by Crippen LogP contribution is -2.54. The largest absolute Gasteiger partial charge is 0.487 e. The molecule has 1 saturated heterocycles. The van der Waals surface area contributed by atoms with Crippen molar-refractivity contribution in [3.05, 3.63) is 75.8 Å². The lowest BCUT2D eigenvalue weighted by molar-refractivity contribution is -0.245. The molecule has 1 aliphatic rings. The summed E-state index contributed by atoms with van der Waals surface area (Å²) in [6.07, 6.45) is 3.15. The third kappa shape index (κ3) is 12.9. The van der Waals surface area contributed by atoms with Crippen LogP contribution < -0.4 is 9.47 Å². The molecule has 3 rings (SSSR count). The first kappa shape index (κ1) is 43.0. The van der Waals surface area contributed by atoms with Crippen LogP contribution in [-0.2, 0) is 59.8 Å². The van der Waals surface area contributed by atoms with Gasteiger partial charge in [-0.05, 0) is 56.0 Å². The average molecular weight is 759 g/mol. The summed E-state index contributed by atoms with van der Waals surface area (Å²) in [6.45, 7) is 11.9. The quantitative estimate of drug-likeness (QED) is 0.0693. The number of ether oxygens (including phenoxy) is 8. The number of rotatable bonds is 17. The van der Waals surface area contributed by atoms with Gasteiger partial charge in [0.15, 0.2) is 6.10 Å². The Morgan fingerprint density at radius 1 is 0.981 bits per heavy atom. The molecule has 290 valence electrons. The minimum atomic E-state index is -1.01. The maximum atomic E-state index is 12.0. The number of esters is 4. The van der Waals surface area contributed by atoms with Crippen LogP contribution in [-0.4, -0.2) is 69.3 Å². The second-order valence-electron chi connectivity index (χ2n) is 13.1. The smallest absolute Gasteiger partial charge is 0.330 e. The van der Waals surface area contributed by atoms with Gasteiger partial charge in [0.1, 0.15) is 42.5 Å². The summed E-state index contributed by atoms with van der Waals surface area (Å²) in [4.78, 5) is 47.2. The van der Waals surface area contributed by atoms with E-state index in [4.69, 9.17) is 49.5 Å². The Bertz CT molecular complexity index is 1630. The Labute approximate surface area is 316 Å². The molecule has 1 fully saturated rings. The molecular formula is C40H51ClO12. The summed E-state index contributed by atoms with van der Waals surface area (Å²) in [5.41, 5.74) is 2.34. The van der Waals surface area contributed by atoms with Crippen LogP contribution in [0.1, 0.15) is 84.4 Å². The van der Waals surface area contributed by atoms with Crippen molar-refractivity contribution in [2.24, 2.45) is 5.92 Å². The number of halogens is 1. The molecule has 6 atom stereocenters. The second-order valence-corrected chi connectivity index (χ2v) is 13.5. The minimum absolute atomic E-state index is 0.0441. The van der Waals surface area contributed by atoms with Crippen molar-refractivity contribution in [2.45, 2.75) is 105 Å². The number of hydrogen-bond acceptors (Lipinski definition) is 12. The third-order valence-electron chi connectivity index (χ3n) is 8.70. The van der Waals surface area contributed by atoms with Gasteiger partial charge in [-0.2, -0.15) is 0 Å². The molecule has 2 aromatic carbocycles. The van der Waals surface area contributed by atoms with Crippen LogP contribution in [0.4, 0.5) is 0 Å². The molecule has 0 radical (unpaired) electrons. The van der Waals surface area contributed by atoms with E-state index in [0.29, 0.717) is 33.6 Å². The summed E-state index contributed by atoms with van der Waals surface area (Å²) in [6, 6.07) is 10.7. The fourth-order valence-electron chi connectivity index (χ4n) is 5.87. The van der Waals surface area contributed by atoms with E-state index in [2.05, 4.69) is 26.8 Å². The van der Waals surface area contributed by atoms with Gasteiger partial charge in [-0.25, -0.2) is 4.79 Å². The van der Waals surface area contributed by atoms with Crippen LogP contribution in [0.3, 0.4) is 0 Å². The van der Waals surface area contributed by atoms with Crippen LogP contribution >= 0.6 is 11.6 Å². The van der Waals surface area contributed by atoms with Crippen molar-refractivity contribution in [3.8, 4) is 11.5 Å². The van der Waals surface area contributed by atoms with E-state index in [1.807, 2.05) is 19.1 Å². The van der Waals surface area contributed by atoms with Crippen LogP contribution in [0, 0.1) is 5.92 Å². The Kier molecular flexibility index (Phi) is 16.4. The molecular weight excluding hydrogens is 708 g/mol. The lowest BCUT2D eigenvalue weighted by atomic mass is 9.89. The second kappa shape index (κ2) is 20.2. The number of carbonyl (C=O) groups excluding carboxylic acids is 4. The predicted octanol–water partition coefficient (Wildman–Crippen LogP) is 7.27. The van der Waals surface area contributed by atoms with E-state index in [9.17, 15) is 19.2 Å². The summed E-state index contributed by atoms with van der Waals surface area (Å²) in [5, 5.41) is 0.334. The molecule has 4 unspecified atom stereocenters. The number of carbonyl (C=O) groups is 4. The van der Waals surface area contributed by atoms with Crippen LogP contribution in [0.25, 0.3) is 6.08 Å². The lowest BCUT2D eigenvalue weighted by Gasteiger charge is -2.39. The number of benzene rings is 2. The molecule has 0 spiro atoms. The minimum Gasteiger partial charge on any atom is -0.487 e. The zero-order valence-electron chi connectivity index (χ0n) is 31.9. The zero-order chi connectivity index (χ0) is 39.3. The Balaban J connectivity index is 1.86. The molecule has 0 N–H and O–H groups in total. The summed E-state index contributed by atoms with van der Waals surface area (Å²) in [5.74, 6) is -0.991. The first-order valence-corrected chi connectivity index (χ1v) is 17.8.